The van der Waals surface area contributed by atoms with Crippen molar-refractivity contribution < 1.29 is 13.6 Å². The molecule has 0 radical (unpaired) electrons. The molecule has 1 aromatic carbocycles. The van der Waals surface area contributed by atoms with Crippen molar-refractivity contribution in [2.24, 2.45) is 0 Å². The van der Waals surface area contributed by atoms with E-state index in [1.165, 1.54) is 10.7 Å². The van der Waals surface area contributed by atoms with Crippen molar-refractivity contribution in [3.8, 4) is 0 Å². The fourth-order valence-corrected chi connectivity index (χ4v) is 4.27. The van der Waals surface area contributed by atoms with Gasteiger partial charge in [0.15, 0.2) is 5.65 Å². The Morgan fingerprint density at radius 1 is 1.21 bits per heavy atom. The molecule has 1 unspecified atom stereocenters. The van der Waals surface area contributed by atoms with Gasteiger partial charge in [0, 0.05) is 17.8 Å². The van der Waals surface area contributed by atoms with E-state index in [0.717, 1.165) is 24.8 Å². The number of aryl methyl sites for hydroxylation is 2. The maximum Gasteiger partial charge on any atom is 0.264 e. The summed E-state index contributed by atoms with van der Waals surface area (Å²) in [6.07, 6.45) is 0.337. The van der Waals surface area contributed by atoms with Crippen LogP contribution in [0.15, 0.2) is 36.4 Å². The largest absolute Gasteiger partial charge is 0.334 e. The molecule has 0 bridgehead atoms. The van der Waals surface area contributed by atoms with Gasteiger partial charge in [0.25, 0.3) is 6.43 Å². The smallest absolute Gasteiger partial charge is 0.264 e. The van der Waals surface area contributed by atoms with Gasteiger partial charge in [-0.2, -0.15) is 5.10 Å². The van der Waals surface area contributed by atoms with Crippen molar-refractivity contribution >= 4 is 16.9 Å². The number of rotatable bonds is 4. The molecule has 4 rings (SSSR count). The van der Waals surface area contributed by atoms with Crippen molar-refractivity contribution in [2.75, 3.05) is 6.54 Å². The van der Waals surface area contributed by atoms with Crippen LogP contribution in [0.25, 0.3) is 11.0 Å². The second-order valence-electron chi connectivity index (χ2n) is 7.60. The number of aromatic nitrogens is 3. The van der Waals surface area contributed by atoms with Crippen LogP contribution < -0.4 is 0 Å². The number of halogens is 2. The van der Waals surface area contributed by atoms with Gasteiger partial charge in [0.2, 0.25) is 5.91 Å². The molecule has 1 aliphatic heterocycles. The average Bonchev–Trinajstić information content (AvgIpc) is 3.03. The normalized spacial score (nSPS) is 17.3. The highest BCUT2D eigenvalue weighted by molar-refractivity contribution is 5.85. The third-order valence-corrected chi connectivity index (χ3v) is 5.56. The summed E-state index contributed by atoms with van der Waals surface area (Å²) in [6, 6.07) is 11.4. The highest BCUT2D eigenvalue weighted by atomic mass is 19.3. The molecule has 1 saturated heterocycles. The van der Waals surface area contributed by atoms with Gasteiger partial charge < -0.3 is 4.90 Å². The molecule has 1 amide bonds. The number of nitrogens with zero attached hydrogens (tertiary/aromatic N) is 4. The van der Waals surface area contributed by atoms with Crippen LogP contribution >= 0.6 is 0 Å². The molecular formula is C22H24F2N4O. The first-order valence-electron chi connectivity index (χ1n) is 9.93. The van der Waals surface area contributed by atoms with Crippen LogP contribution in [0.4, 0.5) is 8.78 Å². The van der Waals surface area contributed by atoms with Crippen LogP contribution in [0, 0.1) is 13.8 Å². The predicted molar refractivity (Wildman–Crippen MR) is 107 cm³/mol. The maximum absolute atomic E-state index is 13.5. The summed E-state index contributed by atoms with van der Waals surface area (Å²) >= 11 is 0. The van der Waals surface area contributed by atoms with E-state index in [1.54, 1.807) is 13.8 Å². The first-order chi connectivity index (χ1) is 14.0. The summed E-state index contributed by atoms with van der Waals surface area (Å²) in [4.78, 5) is 19.5. The zero-order valence-electron chi connectivity index (χ0n) is 16.6. The number of amides is 1. The molecule has 0 aliphatic carbocycles. The number of carbonyl (C=O) groups is 1. The second kappa shape index (κ2) is 7.89. The molecule has 29 heavy (non-hydrogen) atoms. The van der Waals surface area contributed by atoms with E-state index in [4.69, 9.17) is 0 Å². The Morgan fingerprint density at radius 2 is 1.97 bits per heavy atom. The average molecular weight is 398 g/mol. The highest BCUT2D eigenvalue weighted by Gasteiger charge is 2.29. The van der Waals surface area contributed by atoms with Gasteiger partial charge in [0.05, 0.1) is 17.1 Å². The fraction of sp³-hybridized carbons (Fsp3) is 0.409. The minimum absolute atomic E-state index is 0.00714. The zero-order chi connectivity index (χ0) is 20.5. The minimum Gasteiger partial charge on any atom is -0.334 e. The van der Waals surface area contributed by atoms with Gasteiger partial charge in [-0.3, -0.25) is 4.79 Å². The van der Waals surface area contributed by atoms with Crippen molar-refractivity contribution in [2.45, 2.75) is 52.1 Å². The molecule has 1 atom stereocenters. The third-order valence-electron chi connectivity index (χ3n) is 5.56. The Kier molecular flexibility index (Phi) is 5.30. The van der Waals surface area contributed by atoms with Crippen LogP contribution in [-0.2, 0) is 11.3 Å². The van der Waals surface area contributed by atoms with Crippen LogP contribution in [-0.4, -0.2) is 32.1 Å². The number of piperidine rings is 1. The Bertz CT molecular complexity index is 1030. The Labute approximate surface area is 168 Å². The summed E-state index contributed by atoms with van der Waals surface area (Å²) in [5.74, 6) is -0.0649. The van der Waals surface area contributed by atoms with E-state index in [9.17, 15) is 13.6 Å². The number of hydrogen-bond donors (Lipinski definition) is 0. The molecule has 7 heteroatoms. The second-order valence-corrected chi connectivity index (χ2v) is 7.60. The topological polar surface area (TPSA) is 51.0 Å². The van der Waals surface area contributed by atoms with Gasteiger partial charge in [-0.05, 0) is 44.7 Å². The van der Waals surface area contributed by atoms with Gasteiger partial charge in [-0.25, -0.2) is 18.4 Å². The standard InChI is InChI=1S/C22H24F2N4O/c1-14-12-17(21(23)24)20-15(2)26-28(22(20)25-14)13-19(29)27-11-7-6-10-18(27)16-8-4-3-5-9-16/h3-5,8-9,12,18,21H,6-7,10-11,13H2,1-2H3. The maximum atomic E-state index is 13.5. The van der Waals surface area contributed by atoms with E-state index in [-0.39, 0.29) is 24.1 Å². The van der Waals surface area contributed by atoms with Gasteiger partial charge in [0.1, 0.15) is 6.54 Å². The Balaban J connectivity index is 1.67. The quantitative estimate of drug-likeness (QED) is 0.638. The lowest BCUT2D eigenvalue weighted by Gasteiger charge is -2.36. The van der Waals surface area contributed by atoms with E-state index in [1.807, 2.05) is 35.2 Å². The Morgan fingerprint density at radius 3 is 2.69 bits per heavy atom. The number of likely N-dealkylation sites (tertiary alicyclic amines) is 1. The summed E-state index contributed by atoms with van der Waals surface area (Å²) < 4.78 is 28.5. The minimum atomic E-state index is -2.61. The number of carbonyl (C=O) groups excluding carboxylic acids is 1. The molecule has 3 heterocycles. The monoisotopic (exact) mass is 398 g/mol. The van der Waals surface area contributed by atoms with E-state index < -0.39 is 6.43 Å². The summed E-state index contributed by atoms with van der Waals surface area (Å²) in [7, 11) is 0. The van der Waals surface area contributed by atoms with Gasteiger partial charge >= 0.3 is 0 Å². The number of pyridine rings is 1. The summed E-state index contributed by atoms with van der Waals surface area (Å²) in [5.41, 5.74) is 2.34. The third kappa shape index (κ3) is 3.73. The number of fused-ring (bicyclic) bond motifs is 1. The molecule has 1 aliphatic rings. The van der Waals surface area contributed by atoms with Crippen LogP contribution in [0.2, 0.25) is 0 Å². The molecule has 3 aromatic rings. The molecule has 0 saturated carbocycles. The molecule has 0 N–H and O–H groups in total. The van der Waals surface area contributed by atoms with Gasteiger partial charge in [-0.1, -0.05) is 30.3 Å². The van der Waals surface area contributed by atoms with E-state index >= 15 is 0 Å². The highest BCUT2D eigenvalue weighted by Crippen LogP contribution is 2.32. The fourth-order valence-electron chi connectivity index (χ4n) is 4.27. The zero-order valence-corrected chi connectivity index (χ0v) is 16.6. The lowest BCUT2D eigenvalue weighted by atomic mass is 9.95. The summed E-state index contributed by atoms with van der Waals surface area (Å²) in [6.45, 7) is 4.04. The lowest BCUT2D eigenvalue weighted by Crippen LogP contribution is -2.40. The molecule has 0 spiro atoms. The molecule has 2 aromatic heterocycles. The van der Waals surface area contributed by atoms with Crippen LogP contribution in [0.5, 0.6) is 0 Å². The predicted octanol–water partition coefficient (Wildman–Crippen LogP) is 4.74. The van der Waals surface area contributed by atoms with E-state index in [0.29, 0.717) is 29.0 Å². The molecule has 1 fully saturated rings. The van der Waals surface area contributed by atoms with Crippen LogP contribution in [0.3, 0.4) is 0 Å². The van der Waals surface area contributed by atoms with Crippen molar-refractivity contribution in [3.63, 3.8) is 0 Å². The van der Waals surface area contributed by atoms with Crippen molar-refractivity contribution in [1.82, 2.24) is 19.7 Å². The number of hydrogen-bond acceptors (Lipinski definition) is 3. The van der Waals surface area contributed by atoms with Crippen LogP contribution in [0.1, 0.15) is 54.2 Å². The van der Waals surface area contributed by atoms with E-state index in [2.05, 4.69) is 10.1 Å². The molecule has 152 valence electrons. The Hall–Kier alpha value is -2.83. The van der Waals surface area contributed by atoms with Gasteiger partial charge in [-0.15, -0.1) is 0 Å². The molecule has 5 nitrogen and oxygen atoms in total. The molecular weight excluding hydrogens is 374 g/mol. The first-order valence-corrected chi connectivity index (χ1v) is 9.93. The lowest BCUT2D eigenvalue weighted by molar-refractivity contribution is -0.135. The van der Waals surface area contributed by atoms with Crippen molar-refractivity contribution in [1.29, 1.82) is 0 Å². The number of benzene rings is 1. The first kappa shape index (κ1) is 19.5. The summed E-state index contributed by atoms with van der Waals surface area (Å²) in [5, 5.41) is 4.72. The number of alkyl halides is 2. The van der Waals surface area contributed by atoms with Crippen molar-refractivity contribution in [3.05, 3.63) is 58.9 Å². The SMILES string of the molecule is Cc1cc(C(F)F)c2c(C)nn(CC(=O)N3CCCCC3c3ccccc3)c2n1.